The van der Waals surface area contributed by atoms with Crippen molar-refractivity contribution in [3.63, 3.8) is 0 Å². The zero-order valence-corrected chi connectivity index (χ0v) is 16.3. The van der Waals surface area contributed by atoms with Gasteiger partial charge in [0.1, 0.15) is 4.32 Å². The van der Waals surface area contributed by atoms with E-state index in [1.165, 1.54) is 11.8 Å². The molecule has 0 atom stereocenters. The van der Waals surface area contributed by atoms with Crippen LogP contribution in [0.5, 0.6) is 11.5 Å². The molecule has 1 aromatic heterocycles. The Morgan fingerprint density at radius 3 is 2.67 bits per heavy atom. The van der Waals surface area contributed by atoms with Crippen LogP contribution in [0, 0.1) is 0 Å². The number of carbonyl (C=O) groups excluding carboxylic acids is 1. The average molecular weight is 396 g/mol. The summed E-state index contributed by atoms with van der Waals surface area (Å²) < 4.78 is 11.6. The second-order valence-electron chi connectivity index (χ2n) is 5.94. The van der Waals surface area contributed by atoms with Crippen molar-refractivity contribution >= 4 is 51.2 Å². The van der Waals surface area contributed by atoms with Gasteiger partial charge >= 0.3 is 0 Å². The number of thiocarbonyl (C=S) groups is 1. The number of hydrogen-bond donors (Lipinski definition) is 2. The molecule has 3 aromatic rings. The van der Waals surface area contributed by atoms with Crippen LogP contribution >= 0.6 is 24.0 Å². The average Bonchev–Trinajstić information content (AvgIpc) is 3.26. The van der Waals surface area contributed by atoms with Gasteiger partial charge in [0, 0.05) is 17.3 Å². The Hall–Kier alpha value is -2.77. The van der Waals surface area contributed by atoms with E-state index in [1.807, 2.05) is 36.5 Å². The zero-order valence-electron chi connectivity index (χ0n) is 14.7. The molecule has 136 valence electrons. The molecule has 1 amide bonds. The van der Waals surface area contributed by atoms with Gasteiger partial charge in [0.2, 0.25) is 0 Å². The van der Waals surface area contributed by atoms with Crippen LogP contribution in [-0.4, -0.2) is 29.4 Å². The van der Waals surface area contributed by atoms with Crippen LogP contribution in [0.15, 0.2) is 47.5 Å². The number of benzene rings is 2. The van der Waals surface area contributed by atoms with E-state index in [9.17, 15) is 4.79 Å². The third-order valence-electron chi connectivity index (χ3n) is 4.31. The molecule has 27 heavy (non-hydrogen) atoms. The fourth-order valence-electron chi connectivity index (χ4n) is 3.08. The van der Waals surface area contributed by atoms with Crippen LogP contribution in [0.4, 0.5) is 0 Å². The predicted octanol–water partition coefficient (Wildman–Crippen LogP) is 4.34. The van der Waals surface area contributed by atoms with Crippen molar-refractivity contribution in [1.82, 2.24) is 10.3 Å². The van der Waals surface area contributed by atoms with Gasteiger partial charge in [-0.2, -0.15) is 0 Å². The molecule has 0 bridgehead atoms. The molecule has 0 spiro atoms. The summed E-state index contributed by atoms with van der Waals surface area (Å²) in [6.07, 6.45) is 3.71. The lowest BCUT2D eigenvalue weighted by atomic mass is 9.99. The van der Waals surface area contributed by atoms with E-state index in [0.29, 0.717) is 20.7 Å². The second kappa shape index (κ2) is 7.09. The molecule has 1 aliphatic rings. The molecular formula is C20H16N2O3S2. The fourth-order valence-corrected chi connectivity index (χ4v) is 4.12. The Balaban J connectivity index is 1.87. The van der Waals surface area contributed by atoms with Crippen molar-refractivity contribution in [3.8, 4) is 22.6 Å². The molecule has 0 unspecified atom stereocenters. The lowest BCUT2D eigenvalue weighted by Crippen LogP contribution is -2.17. The first-order valence-corrected chi connectivity index (χ1v) is 9.40. The molecular weight excluding hydrogens is 380 g/mol. The van der Waals surface area contributed by atoms with Crippen LogP contribution in [0.1, 0.15) is 5.56 Å². The number of carbonyl (C=O) groups is 1. The van der Waals surface area contributed by atoms with Gasteiger partial charge in [0.25, 0.3) is 5.91 Å². The van der Waals surface area contributed by atoms with Gasteiger partial charge in [0.05, 0.1) is 19.1 Å². The Bertz CT molecular complexity index is 1100. The molecule has 1 fully saturated rings. The van der Waals surface area contributed by atoms with Crippen molar-refractivity contribution < 1.29 is 14.3 Å². The van der Waals surface area contributed by atoms with Gasteiger partial charge in [-0.05, 0) is 52.9 Å². The number of thioether (sulfide) groups is 1. The predicted molar refractivity (Wildman–Crippen MR) is 113 cm³/mol. The van der Waals surface area contributed by atoms with Crippen molar-refractivity contribution in [3.05, 3.63) is 53.1 Å². The number of methoxy groups -OCH3 is 2. The molecule has 2 heterocycles. The zero-order chi connectivity index (χ0) is 19.0. The first kappa shape index (κ1) is 17.6. The summed E-state index contributed by atoms with van der Waals surface area (Å²) in [7, 11) is 3.22. The summed E-state index contributed by atoms with van der Waals surface area (Å²) in [5.74, 6) is 1.06. The monoisotopic (exact) mass is 396 g/mol. The van der Waals surface area contributed by atoms with Crippen LogP contribution in [0.25, 0.3) is 28.1 Å². The molecule has 1 aliphatic heterocycles. The molecule has 4 rings (SSSR count). The normalized spacial score (nSPS) is 15.4. The Morgan fingerprint density at radius 1 is 1.11 bits per heavy atom. The van der Waals surface area contributed by atoms with E-state index < -0.39 is 0 Å². The van der Waals surface area contributed by atoms with Crippen LogP contribution in [-0.2, 0) is 4.79 Å². The van der Waals surface area contributed by atoms with Crippen LogP contribution in [0.2, 0.25) is 0 Å². The minimum atomic E-state index is -0.185. The quantitative estimate of drug-likeness (QED) is 0.507. The highest BCUT2D eigenvalue weighted by Gasteiger charge is 2.23. The summed E-state index contributed by atoms with van der Waals surface area (Å²) in [6.45, 7) is 0. The Labute approximate surface area is 165 Å². The van der Waals surface area contributed by atoms with Crippen molar-refractivity contribution in [2.24, 2.45) is 0 Å². The molecule has 0 aliphatic carbocycles. The number of ether oxygens (including phenoxy) is 2. The largest absolute Gasteiger partial charge is 0.493 e. The van der Waals surface area contributed by atoms with E-state index in [1.54, 1.807) is 20.3 Å². The fraction of sp³-hybridized carbons (Fsp3) is 0.100. The number of rotatable bonds is 4. The number of H-pyrrole nitrogens is 1. The van der Waals surface area contributed by atoms with Gasteiger partial charge in [-0.3, -0.25) is 4.79 Å². The highest BCUT2D eigenvalue weighted by atomic mass is 32.2. The van der Waals surface area contributed by atoms with E-state index in [2.05, 4.69) is 16.4 Å². The highest BCUT2D eigenvalue weighted by Crippen LogP contribution is 2.41. The number of nitrogens with one attached hydrogen (secondary N) is 2. The molecule has 0 saturated carbocycles. The summed E-state index contributed by atoms with van der Waals surface area (Å²) in [4.78, 5) is 15.7. The van der Waals surface area contributed by atoms with Crippen LogP contribution in [0.3, 0.4) is 0 Å². The van der Waals surface area contributed by atoms with E-state index in [-0.39, 0.29) is 5.91 Å². The van der Waals surface area contributed by atoms with Gasteiger partial charge in [-0.1, -0.05) is 30.0 Å². The minimum absolute atomic E-state index is 0.185. The van der Waals surface area contributed by atoms with E-state index >= 15 is 0 Å². The number of aromatic amines is 1. The molecule has 0 radical (unpaired) electrons. The lowest BCUT2D eigenvalue weighted by Gasteiger charge is -2.15. The number of aromatic nitrogens is 1. The van der Waals surface area contributed by atoms with Gasteiger partial charge in [-0.15, -0.1) is 0 Å². The highest BCUT2D eigenvalue weighted by molar-refractivity contribution is 8.26. The van der Waals surface area contributed by atoms with Crippen molar-refractivity contribution in [1.29, 1.82) is 0 Å². The first-order valence-electron chi connectivity index (χ1n) is 8.17. The topological polar surface area (TPSA) is 63.3 Å². The van der Waals surface area contributed by atoms with Crippen molar-refractivity contribution in [2.75, 3.05) is 14.2 Å². The van der Waals surface area contributed by atoms with Crippen molar-refractivity contribution in [2.45, 2.75) is 0 Å². The molecule has 1 saturated heterocycles. The SMILES string of the molecule is COc1cc(C=C2SC(=S)NC2=O)cc(-c2ccc3[nH]ccc3c2)c1OC. The number of fused-ring (bicyclic) bond motifs is 1. The minimum Gasteiger partial charge on any atom is -0.493 e. The first-order chi connectivity index (χ1) is 13.1. The molecule has 2 aromatic carbocycles. The smallest absolute Gasteiger partial charge is 0.263 e. The van der Waals surface area contributed by atoms with Gasteiger partial charge in [-0.25, -0.2) is 0 Å². The van der Waals surface area contributed by atoms with Crippen LogP contribution < -0.4 is 14.8 Å². The molecule has 7 heteroatoms. The third-order valence-corrected chi connectivity index (χ3v) is 5.47. The Kier molecular flexibility index (Phi) is 4.63. The molecule has 2 N–H and O–H groups in total. The maximum absolute atomic E-state index is 12.0. The van der Waals surface area contributed by atoms with E-state index in [4.69, 9.17) is 21.7 Å². The van der Waals surface area contributed by atoms with Gasteiger partial charge in [0.15, 0.2) is 11.5 Å². The summed E-state index contributed by atoms with van der Waals surface area (Å²) in [5.41, 5.74) is 3.78. The summed E-state index contributed by atoms with van der Waals surface area (Å²) in [6, 6.07) is 12.0. The number of hydrogen-bond acceptors (Lipinski definition) is 5. The lowest BCUT2D eigenvalue weighted by molar-refractivity contribution is -0.115. The molecule has 5 nitrogen and oxygen atoms in total. The summed E-state index contributed by atoms with van der Waals surface area (Å²) >= 11 is 6.31. The maximum atomic E-state index is 12.0. The van der Waals surface area contributed by atoms with Gasteiger partial charge < -0.3 is 19.8 Å². The summed E-state index contributed by atoms with van der Waals surface area (Å²) in [5, 5.41) is 3.73. The Morgan fingerprint density at radius 2 is 1.96 bits per heavy atom. The maximum Gasteiger partial charge on any atom is 0.263 e. The second-order valence-corrected chi connectivity index (χ2v) is 7.65. The standard InChI is InChI=1S/C20H16N2O3S2/c1-24-16-8-11(9-17-19(23)22-20(26)27-17)7-14(18(16)25-2)12-3-4-15-13(10-12)5-6-21-15/h3-10,21H,1-2H3,(H,22,23,26). The van der Waals surface area contributed by atoms with E-state index in [0.717, 1.165) is 27.6 Å². The third kappa shape index (κ3) is 3.31. The number of amides is 1.